The quantitative estimate of drug-likeness (QED) is 0.816. The monoisotopic (exact) mass is 268 g/mol. The van der Waals surface area contributed by atoms with Crippen LogP contribution >= 0.6 is 0 Å². The van der Waals surface area contributed by atoms with Gasteiger partial charge in [-0.25, -0.2) is 0 Å². The number of piperidine rings is 1. The molecular weight excluding hydrogens is 240 g/mol. The molecule has 2 aliphatic rings. The normalized spacial score (nSPS) is 43.2. The van der Waals surface area contributed by atoms with Crippen LogP contribution in [-0.2, 0) is 9.53 Å². The van der Waals surface area contributed by atoms with Crippen molar-refractivity contribution in [1.29, 1.82) is 0 Å². The molecule has 2 rings (SSSR count). The Morgan fingerprint density at radius 2 is 2.00 bits per heavy atom. The van der Waals surface area contributed by atoms with E-state index in [0.717, 1.165) is 13.1 Å². The summed E-state index contributed by atoms with van der Waals surface area (Å²) >= 11 is 0. The van der Waals surface area contributed by atoms with E-state index in [0.29, 0.717) is 17.9 Å². The minimum atomic E-state index is -0.00565. The third-order valence-corrected chi connectivity index (χ3v) is 4.97. The Hall–Kier alpha value is -0.610. The highest BCUT2D eigenvalue weighted by molar-refractivity contribution is 5.79. The van der Waals surface area contributed by atoms with E-state index in [4.69, 9.17) is 4.74 Å². The predicted octanol–water partition coefficient (Wildman–Crippen LogP) is 1.55. The third-order valence-electron chi connectivity index (χ3n) is 4.97. The number of nitrogens with one attached hydrogen (secondary N) is 2. The Morgan fingerprint density at radius 1 is 1.26 bits per heavy atom. The molecule has 110 valence electrons. The van der Waals surface area contributed by atoms with Gasteiger partial charge < -0.3 is 15.4 Å². The van der Waals surface area contributed by atoms with E-state index >= 15 is 0 Å². The van der Waals surface area contributed by atoms with E-state index in [1.165, 1.54) is 12.8 Å². The van der Waals surface area contributed by atoms with Gasteiger partial charge >= 0.3 is 0 Å². The molecule has 2 fully saturated rings. The molecule has 0 aromatic rings. The number of ether oxygens (including phenoxy) is 1. The van der Waals surface area contributed by atoms with Gasteiger partial charge in [0.15, 0.2) is 0 Å². The van der Waals surface area contributed by atoms with Crippen LogP contribution < -0.4 is 10.6 Å². The lowest BCUT2D eigenvalue weighted by atomic mass is 9.88. The minimum Gasteiger partial charge on any atom is -0.374 e. The maximum atomic E-state index is 12.3. The van der Waals surface area contributed by atoms with Gasteiger partial charge in [0.2, 0.25) is 5.91 Å². The van der Waals surface area contributed by atoms with Crippen LogP contribution in [-0.4, -0.2) is 37.2 Å². The SMILES string of the molecule is CC1CCCNC1CNC(=O)C1C(C)OC(C)C1C. The van der Waals surface area contributed by atoms with Crippen molar-refractivity contribution in [2.45, 2.75) is 58.8 Å². The maximum absolute atomic E-state index is 12.3. The number of carbonyl (C=O) groups excluding carboxylic acids is 1. The fourth-order valence-electron chi connectivity index (χ4n) is 3.43. The van der Waals surface area contributed by atoms with Crippen LogP contribution in [0.15, 0.2) is 0 Å². The first-order valence-corrected chi connectivity index (χ1v) is 7.67. The Kier molecular flexibility index (Phi) is 4.85. The molecule has 0 bridgehead atoms. The first-order valence-electron chi connectivity index (χ1n) is 7.67. The van der Waals surface area contributed by atoms with Gasteiger partial charge in [0.1, 0.15) is 0 Å². The standard InChI is InChI=1S/C15H28N2O2/c1-9-6-5-7-16-13(9)8-17-15(18)14-10(2)11(3)19-12(14)4/h9-14,16H,5-8H2,1-4H3,(H,17,18). The van der Waals surface area contributed by atoms with Crippen molar-refractivity contribution < 1.29 is 9.53 Å². The van der Waals surface area contributed by atoms with Crippen molar-refractivity contribution in [3.63, 3.8) is 0 Å². The number of amides is 1. The summed E-state index contributed by atoms with van der Waals surface area (Å²) in [5.41, 5.74) is 0. The average molecular weight is 268 g/mol. The second kappa shape index (κ2) is 6.23. The summed E-state index contributed by atoms with van der Waals surface area (Å²) in [7, 11) is 0. The van der Waals surface area contributed by atoms with Crippen LogP contribution in [0.2, 0.25) is 0 Å². The summed E-state index contributed by atoms with van der Waals surface area (Å²) in [5, 5.41) is 6.62. The van der Waals surface area contributed by atoms with Crippen LogP contribution in [0.4, 0.5) is 0 Å². The zero-order chi connectivity index (χ0) is 14.0. The molecule has 6 atom stereocenters. The summed E-state index contributed by atoms with van der Waals surface area (Å²) in [6.07, 6.45) is 2.71. The fraction of sp³-hybridized carbons (Fsp3) is 0.933. The van der Waals surface area contributed by atoms with Crippen LogP contribution in [0.3, 0.4) is 0 Å². The molecule has 2 aliphatic heterocycles. The first-order chi connectivity index (χ1) is 9.00. The highest BCUT2D eigenvalue weighted by atomic mass is 16.5. The van der Waals surface area contributed by atoms with Crippen LogP contribution in [0.1, 0.15) is 40.5 Å². The lowest BCUT2D eigenvalue weighted by molar-refractivity contribution is -0.127. The minimum absolute atomic E-state index is 0.00565. The Morgan fingerprint density at radius 3 is 2.58 bits per heavy atom. The number of carbonyl (C=O) groups is 1. The largest absolute Gasteiger partial charge is 0.374 e. The second-order valence-corrected chi connectivity index (χ2v) is 6.36. The van der Waals surface area contributed by atoms with Crippen molar-refractivity contribution in [2.24, 2.45) is 17.8 Å². The Balaban J connectivity index is 1.84. The summed E-state index contributed by atoms with van der Waals surface area (Å²) in [5.74, 6) is 1.09. The van der Waals surface area contributed by atoms with E-state index < -0.39 is 0 Å². The van der Waals surface area contributed by atoms with E-state index in [2.05, 4.69) is 31.4 Å². The number of hydrogen-bond acceptors (Lipinski definition) is 3. The molecule has 0 saturated carbocycles. The molecule has 0 spiro atoms. The molecule has 0 aliphatic carbocycles. The van der Waals surface area contributed by atoms with Gasteiger partial charge in [-0.05, 0) is 45.1 Å². The number of hydrogen-bond donors (Lipinski definition) is 2. The molecule has 0 radical (unpaired) electrons. The van der Waals surface area contributed by atoms with E-state index in [1.54, 1.807) is 0 Å². The van der Waals surface area contributed by atoms with Gasteiger partial charge in [0, 0.05) is 12.6 Å². The highest BCUT2D eigenvalue weighted by Crippen LogP contribution is 2.32. The second-order valence-electron chi connectivity index (χ2n) is 6.36. The lowest BCUT2D eigenvalue weighted by Crippen LogP contribution is -2.49. The summed E-state index contributed by atoms with van der Waals surface area (Å²) in [6.45, 7) is 10.2. The molecule has 2 heterocycles. The molecule has 0 aromatic carbocycles. The zero-order valence-electron chi connectivity index (χ0n) is 12.6. The van der Waals surface area contributed by atoms with Crippen LogP contribution in [0, 0.1) is 17.8 Å². The number of rotatable bonds is 3. The molecule has 0 aromatic heterocycles. The van der Waals surface area contributed by atoms with Crippen LogP contribution in [0.25, 0.3) is 0 Å². The molecule has 4 heteroatoms. The van der Waals surface area contributed by atoms with Gasteiger partial charge in [0.25, 0.3) is 0 Å². The van der Waals surface area contributed by atoms with E-state index in [9.17, 15) is 4.79 Å². The molecule has 19 heavy (non-hydrogen) atoms. The van der Waals surface area contributed by atoms with Crippen molar-refractivity contribution in [3.05, 3.63) is 0 Å². The molecule has 2 N–H and O–H groups in total. The molecule has 1 amide bonds. The molecule has 2 saturated heterocycles. The average Bonchev–Trinajstić information content (AvgIpc) is 2.62. The maximum Gasteiger partial charge on any atom is 0.226 e. The highest BCUT2D eigenvalue weighted by Gasteiger charge is 2.41. The van der Waals surface area contributed by atoms with Crippen molar-refractivity contribution in [3.8, 4) is 0 Å². The van der Waals surface area contributed by atoms with Gasteiger partial charge in [-0.2, -0.15) is 0 Å². The van der Waals surface area contributed by atoms with Crippen molar-refractivity contribution in [2.75, 3.05) is 13.1 Å². The fourth-order valence-corrected chi connectivity index (χ4v) is 3.43. The Labute approximate surface area is 116 Å². The first kappa shape index (κ1) is 14.8. The van der Waals surface area contributed by atoms with E-state index in [-0.39, 0.29) is 24.0 Å². The van der Waals surface area contributed by atoms with Crippen LogP contribution in [0.5, 0.6) is 0 Å². The predicted molar refractivity (Wildman–Crippen MR) is 75.9 cm³/mol. The zero-order valence-corrected chi connectivity index (χ0v) is 12.6. The molecule has 4 nitrogen and oxygen atoms in total. The molecule has 6 unspecified atom stereocenters. The lowest BCUT2D eigenvalue weighted by Gasteiger charge is -2.31. The van der Waals surface area contributed by atoms with E-state index in [1.807, 2.05) is 6.92 Å². The van der Waals surface area contributed by atoms with Gasteiger partial charge in [0.05, 0.1) is 18.1 Å². The van der Waals surface area contributed by atoms with Gasteiger partial charge in [-0.3, -0.25) is 4.79 Å². The third kappa shape index (κ3) is 3.29. The van der Waals surface area contributed by atoms with Gasteiger partial charge in [-0.15, -0.1) is 0 Å². The van der Waals surface area contributed by atoms with Gasteiger partial charge in [-0.1, -0.05) is 13.8 Å². The smallest absolute Gasteiger partial charge is 0.226 e. The summed E-state index contributed by atoms with van der Waals surface area (Å²) in [4.78, 5) is 12.3. The topological polar surface area (TPSA) is 50.4 Å². The van der Waals surface area contributed by atoms with Crippen molar-refractivity contribution in [1.82, 2.24) is 10.6 Å². The molecular formula is C15H28N2O2. The van der Waals surface area contributed by atoms with Crippen molar-refractivity contribution >= 4 is 5.91 Å². The Bertz CT molecular complexity index is 321. The summed E-state index contributed by atoms with van der Waals surface area (Å²) in [6, 6.07) is 0.419. The summed E-state index contributed by atoms with van der Waals surface area (Å²) < 4.78 is 5.74.